The van der Waals surface area contributed by atoms with E-state index in [1.54, 1.807) is 24.3 Å². The molecule has 0 heterocycles. The first-order chi connectivity index (χ1) is 9.97. The predicted molar refractivity (Wildman–Crippen MR) is 80.1 cm³/mol. The SMILES string of the molecule is Nc1ccc(C(=O)NCc2cccc([N+](=O)[O-])c2)cc1Cl. The second-order valence-corrected chi connectivity index (χ2v) is 4.75. The van der Waals surface area contributed by atoms with E-state index in [-0.39, 0.29) is 18.1 Å². The largest absolute Gasteiger partial charge is 0.398 e. The molecule has 6 nitrogen and oxygen atoms in total. The van der Waals surface area contributed by atoms with Crippen molar-refractivity contribution in [2.75, 3.05) is 5.73 Å². The molecule has 0 bridgehead atoms. The predicted octanol–water partition coefficient (Wildman–Crippen LogP) is 2.76. The fourth-order valence-corrected chi connectivity index (χ4v) is 1.91. The Morgan fingerprint density at radius 3 is 2.71 bits per heavy atom. The molecule has 0 unspecified atom stereocenters. The molecule has 2 aromatic carbocycles. The summed E-state index contributed by atoms with van der Waals surface area (Å²) >= 11 is 5.85. The first-order valence-electron chi connectivity index (χ1n) is 6.04. The van der Waals surface area contributed by atoms with Gasteiger partial charge in [0.2, 0.25) is 0 Å². The Morgan fingerprint density at radius 2 is 2.05 bits per heavy atom. The molecule has 2 aromatic rings. The molecular formula is C14H12ClN3O3. The number of nitro benzene ring substituents is 1. The summed E-state index contributed by atoms with van der Waals surface area (Å²) in [6.45, 7) is 0.183. The van der Waals surface area contributed by atoms with Gasteiger partial charge < -0.3 is 11.1 Å². The Bertz CT molecular complexity index is 704. The molecule has 21 heavy (non-hydrogen) atoms. The van der Waals surface area contributed by atoms with Crippen molar-refractivity contribution in [3.8, 4) is 0 Å². The number of nitrogens with zero attached hydrogens (tertiary/aromatic N) is 1. The molecule has 1 amide bonds. The molecular weight excluding hydrogens is 294 g/mol. The number of nitrogen functional groups attached to an aromatic ring is 1. The zero-order valence-corrected chi connectivity index (χ0v) is 11.6. The van der Waals surface area contributed by atoms with Crippen LogP contribution in [0.1, 0.15) is 15.9 Å². The van der Waals surface area contributed by atoms with E-state index in [1.165, 1.54) is 18.2 Å². The van der Waals surface area contributed by atoms with Gasteiger partial charge in [0, 0.05) is 24.2 Å². The van der Waals surface area contributed by atoms with Crippen LogP contribution in [0.25, 0.3) is 0 Å². The number of amides is 1. The Labute approximate surface area is 125 Å². The van der Waals surface area contributed by atoms with Gasteiger partial charge in [0.25, 0.3) is 11.6 Å². The number of anilines is 1. The summed E-state index contributed by atoms with van der Waals surface area (Å²) in [7, 11) is 0. The molecule has 0 aliphatic rings. The molecule has 0 fully saturated rings. The Hall–Kier alpha value is -2.60. The molecule has 0 atom stereocenters. The quantitative estimate of drug-likeness (QED) is 0.515. The average molecular weight is 306 g/mol. The highest BCUT2D eigenvalue weighted by Gasteiger charge is 2.09. The molecule has 0 radical (unpaired) electrons. The van der Waals surface area contributed by atoms with E-state index in [9.17, 15) is 14.9 Å². The molecule has 7 heteroatoms. The van der Waals surface area contributed by atoms with Crippen molar-refractivity contribution in [1.82, 2.24) is 5.32 Å². The third kappa shape index (κ3) is 3.70. The van der Waals surface area contributed by atoms with Crippen LogP contribution >= 0.6 is 11.6 Å². The summed E-state index contributed by atoms with van der Waals surface area (Å²) in [6.07, 6.45) is 0. The van der Waals surface area contributed by atoms with Crippen LogP contribution < -0.4 is 11.1 Å². The van der Waals surface area contributed by atoms with Crippen molar-refractivity contribution in [3.05, 3.63) is 68.7 Å². The third-order valence-corrected chi connectivity index (χ3v) is 3.16. The van der Waals surface area contributed by atoms with Crippen molar-refractivity contribution in [2.24, 2.45) is 0 Å². The second kappa shape index (κ2) is 6.23. The molecule has 0 aliphatic carbocycles. The molecule has 0 spiro atoms. The second-order valence-electron chi connectivity index (χ2n) is 4.35. The van der Waals surface area contributed by atoms with E-state index >= 15 is 0 Å². The summed E-state index contributed by atoms with van der Waals surface area (Å²) < 4.78 is 0. The standard InChI is InChI=1S/C14H12ClN3O3/c15-12-7-10(4-5-13(12)16)14(19)17-8-9-2-1-3-11(6-9)18(20)21/h1-7H,8,16H2,(H,17,19). The molecule has 2 rings (SSSR count). The molecule has 108 valence electrons. The lowest BCUT2D eigenvalue weighted by atomic mass is 10.1. The average Bonchev–Trinajstić information content (AvgIpc) is 2.48. The number of hydrogen-bond donors (Lipinski definition) is 2. The zero-order valence-electron chi connectivity index (χ0n) is 10.9. The zero-order chi connectivity index (χ0) is 15.4. The summed E-state index contributed by atoms with van der Waals surface area (Å²) in [5.74, 6) is -0.330. The van der Waals surface area contributed by atoms with Crippen LogP contribution in [0.15, 0.2) is 42.5 Å². The highest BCUT2D eigenvalue weighted by atomic mass is 35.5. The number of carbonyl (C=O) groups is 1. The highest BCUT2D eigenvalue weighted by molar-refractivity contribution is 6.33. The number of hydrogen-bond acceptors (Lipinski definition) is 4. The molecule has 0 aliphatic heterocycles. The first kappa shape index (κ1) is 14.8. The van der Waals surface area contributed by atoms with Crippen LogP contribution in [0.4, 0.5) is 11.4 Å². The van der Waals surface area contributed by atoms with Gasteiger partial charge in [-0.05, 0) is 23.8 Å². The minimum atomic E-state index is -0.481. The van der Waals surface area contributed by atoms with Crippen molar-refractivity contribution in [3.63, 3.8) is 0 Å². The Kier molecular flexibility index (Phi) is 4.39. The van der Waals surface area contributed by atoms with E-state index in [4.69, 9.17) is 17.3 Å². The van der Waals surface area contributed by atoms with Crippen LogP contribution in [0, 0.1) is 10.1 Å². The maximum atomic E-state index is 12.0. The number of rotatable bonds is 4. The van der Waals surface area contributed by atoms with Crippen molar-refractivity contribution >= 4 is 28.9 Å². The maximum absolute atomic E-state index is 12.0. The molecule has 3 N–H and O–H groups in total. The lowest BCUT2D eigenvalue weighted by Gasteiger charge is -2.06. The number of nitrogens with two attached hydrogens (primary N) is 1. The van der Waals surface area contributed by atoms with E-state index in [1.807, 2.05) is 0 Å². The van der Waals surface area contributed by atoms with E-state index in [0.29, 0.717) is 21.8 Å². The number of benzene rings is 2. The first-order valence-corrected chi connectivity index (χ1v) is 6.42. The summed E-state index contributed by atoms with van der Waals surface area (Å²) in [5, 5.41) is 13.6. The van der Waals surface area contributed by atoms with Crippen LogP contribution in [-0.2, 0) is 6.54 Å². The smallest absolute Gasteiger partial charge is 0.269 e. The third-order valence-electron chi connectivity index (χ3n) is 2.84. The van der Waals surface area contributed by atoms with Gasteiger partial charge in [-0.15, -0.1) is 0 Å². The van der Waals surface area contributed by atoms with Gasteiger partial charge in [0.1, 0.15) is 0 Å². The molecule has 0 saturated heterocycles. The minimum Gasteiger partial charge on any atom is -0.398 e. The lowest BCUT2D eigenvalue weighted by molar-refractivity contribution is -0.384. The number of non-ortho nitro benzene ring substituents is 1. The van der Waals surface area contributed by atoms with Crippen LogP contribution in [0.5, 0.6) is 0 Å². The van der Waals surface area contributed by atoms with Gasteiger partial charge in [-0.3, -0.25) is 14.9 Å². The fraction of sp³-hybridized carbons (Fsp3) is 0.0714. The van der Waals surface area contributed by atoms with E-state index in [2.05, 4.69) is 5.32 Å². The van der Waals surface area contributed by atoms with E-state index in [0.717, 1.165) is 0 Å². The van der Waals surface area contributed by atoms with Gasteiger partial charge in [-0.25, -0.2) is 0 Å². The summed E-state index contributed by atoms with van der Waals surface area (Å²) in [5.41, 5.74) is 6.96. The van der Waals surface area contributed by atoms with Crippen LogP contribution in [0.2, 0.25) is 5.02 Å². The topological polar surface area (TPSA) is 98.3 Å². The Balaban J connectivity index is 2.05. The fourth-order valence-electron chi connectivity index (χ4n) is 1.73. The van der Waals surface area contributed by atoms with Gasteiger partial charge in [0.15, 0.2) is 0 Å². The van der Waals surface area contributed by atoms with Crippen LogP contribution in [-0.4, -0.2) is 10.8 Å². The van der Waals surface area contributed by atoms with Gasteiger partial charge in [-0.2, -0.15) is 0 Å². The number of nitrogens with one attached hydrogen (secondary N) is 1. The van der Waals surface area contributed by atoms with Gasteiger partial charge in [0.05, 0.1) is 15.6 Å². The van der Waals surface area contributed by atoms with Crippen molar-refractivity contribution < 1.29 is 9.72 Å². The monoisotopic (exact) mass is 305 g/mol. The molecule has 0 saturated carbocycles. The van der Waals surface area contributed by atoms with Crippen molar-refractivity contribution in [1.29, 1.82) is 0 Å². The summed E-state index contributed by atoms with van der Waals surface area (Å²) in [4.78, 5) is 22.1. The van der Waals surface area contributed by atoms with Crippen LogP contribution in [0.3, 0.4) is 0 Å². The van der Waals surface area contributed by atoms with Crippen molar-refractivity contribution in [2.45, 2.75) is 6.54 Å². The highest BCUT2D eigenvalue weighted by Crippen LogP contribution is 2.19. The van der Waals surface area contributed by atoms with Gasteiger partial charge in [-0.1, -0.05) is 23.7 Å². The van der Waals surface area contributed by atoms with E-state index < -0.39 is 4.92 Å². The summed E-state index contributed by atoms with van der Waals surface area (Å²) in [6, 6.07) is 10.7. The number of halogens is 1. The molecule has 0 aromatic heterocycles. The number of nitro groups is 1. The number of carbonyl (C=O) groups excluding carboxylic acids is 1. The Morgan fingerprint density at radius 1 is 1.29 bits per heavy atom. The maximum Gasteiger partial charge on any atom is 0.269 e. The van der Waals surface area contributed by atoms with Gasteiger partial charge >= 0.3 is 0 Å². The lowest BCUT2D eigenvalue weighted by Crippen LogP contribution is -2.22. The minimum absolute atomic E-state index is 0.0164. The normalized spacial score (nSPS) is 10.1.